The lowest BCUT2D eigenvalue weighted by Crippen LogP contribution is -2.39. The zero-order valence-corrected chi connectivity index (χ0v) is 19.4. The number of para-hydroxylation sites is 1. The number of benzene rings is 3. The predicted octanol–water partition coefficient (Wildman–Crippen LogP) is 4.82. The van der Waals surface area contributed by atoms with E-state index >= 15 is 0 Å². The van der Waals surface area contributed by atoms with E-state index in [2.05, 4.69) is 17.1 Å². The average molecular weight is 481 g/mol. The first-order chi connectivity index (χ1) is 17.6. The molecular weight excluding hydrogens is 456 g/mol. The number of rotatable bonds is 4. The van der Waals surface area contributed by atoms with Crippen LogP contribution in [0.25, 0.3) is 17.0 Å². The summed E-state index contributed by atoms with van der Waals surface area (Å²) in [4.78, 5) is 30.1. The van der Waals surface area contributed by atoms with Gasteiger partial charge in [0.2, 0.25) is 5.91 Å². The minimum atomic E-state index is -0.980. The fourth-order valence-corrected chi connectivity index (χ4v) is 5.05. The molecule has 2 N–H and O–H groups in total. The molecule has 0 radical (unpaired) electrons. The maximum absolute atomic E-state index is 13.5. The first-order valence-corrected chi connectivity index (χ1v) is 11.9. The third-order valence-corrected chi connectivity index (χ3v) is 6.78. The summed E-state index contributed by atoms with van der Waals surface area (Å²) in [6, 6.07) is 20.2. The fraction of sp³-hybridized carbons (Fsp3) is 0.172. The third kappa shape index (κ3) is 3.88. The van der Waals surface area contributed by atoms with Crippen molar-refractivity contribution in [1.82, 2.24) is 9.88 Å². The number of nitrogens with zero attached hydrogens (tertiary/aromatic N) is 1. The van der Waals surface area contributed by atoms with Crippen LogP contribution in [0.4, 0.5) is 0 Å². The van der Waals surface area contributed by atoms with Gasteiger partial charge >= 0.3 is 5.97 Å². The molecule has 36 heavy (non-hydrogen) atoms. The Labute approximate surface area is 207 Å². The van der Waals surface area contributed by atoms with Gasteiger partial charge in [0.05, 0.1) is 11.6 Å². The normalized spacial score (nSPS) is 16.8. The summed E-state index contributed by atoms with van der Waals surface area (Å²) < 4.78 is 11.5. The lowest BCUT2D eigenvalue weighted by molar-refractivity contribution is -0.128. The molecule has 0 aliphatic carbocycles. The molecule has 0 spiro atoms. The molecule has 2 aliphatic rings. The summed E-state index contributed by atoms with van der Waals surface area (Å²) in [7, 11) is 0. The smallest absolute Gasteiger partial charge is 0.335 e. The molecule has 4 aromatic rings. The van der Waals surface area contributed by atoms with Crippen LogP contribution >= 0.6 is 0 Å². The number of hydrogen-bond donors (Lipinski definition) is 2. The number of aromatic amines is 1. The number of H-pyrrole nitrogens is 1. The van der Waals surface area contributed by atoms with Gasteiger partial charge in [0.25, 0.3) is 0 Å². The summed E-state index contributed by atoms with van der Waals surface area (Å²) in [6.45, 7) is 1.57. The maximum atomic E-state index is 13.5. The van der Waals surface area contributed by atoms with Gasteiger partial charge in [-0.25, -0.2) is 4.79 Å². The number of carbonyl (C=O) groups excluding carboxylic acids is 1. The van der Waals surface area contributed by atoms with Gasteiger partial charge in [0, 0.05) is 29.2 Å². The van der Waals surface area contributed by atoms with Crippen LogP contribution in [0, 0.1) is 0 Å². The first kappa shape index (κ1) is 22.0. The predicted molar refractivity (Wildman–Crippen MR) is 135 cm³/mol. The van der Waals surface area contributed by atoms with Crippen molar-refractivity contribution in [2.24, 2.45) is 0 Å². The molecule has 0 bridgehead atoms. The first-order valence-electron chi connectivity index (χ1n) is 11.9. The molecule has 0 fully saturated rings. The van der Waals surface area contributed by atoms with Gasteiger partial charge in [-0.05, 0) is 59.5 Å². The molecule has 6 rings (SSSR count). The zero-order valence-electron chi connectivity index (χ0n) is 19.4. The Morgan fingerprint density at radius 2 is 1.75 bits per heavy atom. The Morgan fingerprint density at radius 1 is 0.972 bits per heavy atom. The second kappa shape index (κ2) is 8.92. The summed E-state index contributed by atoms with van der Waals surface area (Å²) >= 11 is 0. The van der Waals surface area contributed by atoms with E-state index in [0.717, 1.165) is 28.8 Å². The number of nitrogens with one attached hydrogen (secondary N) is 1. The van der Waals surface area contributed by atoms with E-state index in [0.29, 0.717) is 31.3 Å². The van der Waals surface area contributed by atoms with Gasteiger partial charge in [-0.2, -0.15) is 0 Å². The quantitative estimate of drug-likeness (QED) is 0.409. The Balaban J connectivity index is 1.38. The van der Waals surface area contributed by atoms with E-state index in [9.17, 15) is 9.59 Å². The molecule has 0 saturated heterocycles. The zero-order chi connectivity index (χ0) is 24.6. The van der Waals surface area contributed by atoms with Crippen LogP contribution in [0.2, 0.25) is 0 Å². The second-order valence-electron chi connectivity index (χ2n) is 8.91. The minimum absolute atomic E-state index is 0.124. The second-order valence-corrected chi connectivity index (χ2v) is 8.91. The van der Waals surface area contributed by atoms with Gasteiger partial charge in [-0.15, -0.1) is 0 Å². The number of ether oxygens (including phenoxy) is 2. The van der Waals surface area contributed by atoms with Gasteiger partial charge in [0.1, 0.15) is 13.2 Å². The van der Waals surface area contributed by atoms with Crippen LogP contribution in [0.15, 0.2) is 72.8 Å². The topological polar surface area (TPSA) is 91.9 Å². The summed E-state index contributed by atoms with van der Waals surface area (Å²) in [5.41, 5.74) is 5.19. The Bertz CT molecular complexity index is 1500. The van der Waals surface area contributed by atoms with Crippen LogP contribution < -0.4 is 9.47 Å². The van der Waals surface area contributed by atoms with E-state index in [4.69, 9.17) is 14.6 Å². The lowest BCUT2D eigenvalue weighted by atomic mass is 9.92. The molecule has 7 nitrogen and oxygen atoms in total. The van der Waals surface area contributed by atoms with Crippen molar-refractivity contribution in [2.75, 3.05) is 19.8 Å². The highest BCUT2D eigenvalue weighted by atomic mass is 16.6. The van der Waals surface area contributed by atoms with E-state index in [1.54, 1.807) is 24.3 Å². The van der Waals surface area contributed by atoms with Gasteiger partial charge in [0.15, 0.2) is 11.5 Å². The van der Waals surface area contributed by atoms with Crippen LogP contribution in [-0.4, -0.2) is 46.6 Å². The number of carboxylic acids is 1. The van der Waals surface area contributed by atoms with Crippen molar-refractivity contribution in [3.63, 3.8) is 0 Å². The van der Waals surface area contributed by atoms with E-state index in [1.165, 1.54) is 23.1 Å². The number of hydrogen-bond acceptors (Lipinski definition) is 4. The van der Waals surface area contributed by atoms with Crippen molar-refractivity contribution >= 4 is 28.9 Å². The third-order valence-electron chi connectivity index (χ3n) is 6.78. The molecule has 1 amide bonds. The molecule has 7 heteroatoms. The average Bonchev–Trinajstić information content (AvgIpc) is 3.30. The molecular formula is C29H24N2O5. The maximum Gasteiger partial charge on any atom is 0.335 e. The molecule has 1 aromatic heterocycles. The Morgan fingerprint density at radius 3 is 2.56 bits per heavy atom. The number of aromatic carboxylic acids is 1. The Kier molecular flexibility index (Phi) is 5.45. The fourth-order valence-electron chi connectivity index (χ4n) is 5.05. The molecule has 1 unspecified atom stereocenters. The largest absolute Gasteiger partial charge is 0.486 e. The van der Waals surface area contributed by atoms with Crippen LogP contribution in [0.5, 0.6) is 11.5 Å². The van der Waals surface area contributed by atoms with E-state index in [1.807, 2.05) is 35.2 Å². The highest BCUT2D eigenvalue weighted by Crippen LogP contribution is 2.41. The minimum Gasteiger partial charge on any atom is -0.486 e. The molecule has 180 valence electrons. The molecule has 3 heterocycles. The molecule has 1 atom stereocenters. The van der Waals surface area contributed by atoms with Gasteiger partial charge in [-0.3, -0.25) is 4.79 Å². The number of fused-ring (bicyclic) bond motifs is 4. The summed E-state index contributed by atoms with van der Waals surface area (Å²) in [5, 5.41) is 10.3. The summed E-state index contributed by atoms with van der Waals surface area (Å²) in [6.07, 6.45) is 4.01. The molecule has 0 saturated carbocycles. The molecule has 2 aliphatic heterocycles. The lowest BCUT2D eigenvalue weighted by Gasteiger charge is -2.36. The van der Waals surface area contributed by atoms with E-state index < -0.39 is 5.97 Å². The number of carboxylic acid groups (broad SMARTS) is 1. The van der Waals surface area contributed by atoms with Crippen molar-refractivity contribution < 1.29 is 24.2 Å². The van der Waals surface area contributed by atoms with Crippen LogP contribution in [-0.2, 0) is 11.2 Å². The highest BCUT2D eigenvalue weighted by Gasteiger charge is 2.34. The monoisotopic (exact) mass is 480 g/mol. The number of carbonyl (C=O) groups is 2. The number of aromatic nitrogens is 1. The van der Waals surface area contributed by atoms with Crippen LogP contribution in [0.3, 0.4) is 0 Å². The SMILES string of the molecule is O=C(O)c1ccc(/C=C/C(=O)N2CCc3c([nH]c4ccccc34)C2c2ccc3c(c2)OCCO3)cc1. The Hall–Kier alpha value is -4.52. The highest BCUT2D eigenvalue weighted by molar-refractivity contribution is 5.94. The van der Waals surface area contributed by atoms with E-state index in [-0.39, 0.29) is 17.5 Å². The standard InChI is InChI=1S/C29H24N2O5/c32-26(12-7-18-5-8-19(9-6-18)29(33)34)31-14-13-22-21-3-1-2-4-23(21)30-27(22)28(31)20-10-11-24-25(17-20)36-16-15-35-24/h1-12,17,28,30H,13-16H2,(H,33,34)/b12-7+. The van der Waals surface area contributed by atoms with Crippen molar-refractivity contribution in [2.45, 2.75) is 12.5 Å². The number of amides is 1. The van der Waals surface area contributed by atoms with Crippen molar-refractivity contribution in [3.05, 3.63) is 101 Å². The molecule has 3 aromatic carbocycles. The van der Waals surface area contributed by atoms with Gasteiger partial charge < -0.3 is 24.5 Å². The van der Waals surface area contributed by atoms with Crippen LogP contribution in [0.1, 0.15) is 38.8 Å². The van der Waals surface area contributed by atoms with Gasteiger partial charge in [-0.1, -0.05) is 36.4 Å². The van der Waals surface area contributed by atoms with Crippen molar-refractivity contribution in [1.29, 1.82) is 0 Å². The van der Waals surface area contributed by atoms with Crippen molar-refractivity contribution in [3.8, 4) is 11.5 Å². The summed E-state index contributed by atoms with van der Waals surface area (Å²) in [5.74, 6) is 0.288.